The Morgan fingerprint density at radius 3 is 2.33 bits per heavy atom. The lowest BCUT2D eigenvalue weighted by Gasteiger charge is -2.21. The SMILES string of the molecule is N#CC1=C(N)c2ccc3cc4ccccc4cc3c2C(=O)C1C#N. The van der Waals surface area contributed by atoms with Gasteiger partial charge in [-0.2, -0.15) is 10.5 Å². The Morgan fingerprint density at radius 1 is 0.958 bits per heavy atom. The molecule has 1 unspecified atom stereocenters. The fourth-order valence-electron chi connectivity index (χ4n) is 3.33. The molecule has 1 aliphatic rings. The van der Waals surface area contributed by atoms with Crippen molar-refractivity contribution in [2.75, 3.05) is 0 Å². The number of nitriles is 2. The van der Waals surface area contributed by atoms with Crippen LogP contribution >= 0.6 is 0 Å². The minimum absolute atomic E-state index is 0.0372. The van der Waals surface area contributed by atoms with Crippen LogP contribution in [0, 0.1) is 28.6 Å². The molecule has 4 rings (SSSR count). The Hall–Kier alpha value is -3.63. The van der Waals surface area contributed by atoms with Crippen LogP contribution in [-0.4, -0.2) is 5.78 Å². The van der Waals surface area contributed by atoms with Crippen LogP contribution in [0.5, 0.6) is 0 Å². The minimum Gasteiger partial charge on any atom is -0.397 e. The number of rotatable bonds is 0. The average molecular weight is 309 g/mol. The standard InChI is InChI=1S/C20H11N3O/c21-9-16-17(10-22)20(24)18-14(19(16)23)6-5-13-7-11-3-1-2-4-12(11)8-15(13)18/h1-8,17H,23H2. The molecule has 4 nitrogen and oxygen atoms in total. The average Bonchev–Trinajstić information content (AvgIpc) is 2.61. The lowest BCUT2D eigenvalue weighted by molar-refractivity contribution is 0.0965. The summed E-state index contributed by atoms with van der Waals surface area (Å²) in [6.07, 6.45) is 0. The third kappa shape index (κ3) is 1.74. The Morgan fingerprint density at radius 2 is 1.67 bits per heavy atom. The van der Waals surface area contributed by atoms with Gasteiger partial charge in [-0.1, -0.05) is 36.4 Å². The number of carbonyl (C=O) groups is 1. The lowest BCUT2D eigenvalue weighted by Crippen LogP contribution is -2.25. The minimum atomic E-state index is -1.14. The topological polar surface area (TPSA) is 90.7 Å². The molecule has 0 bridgehead atoms. The van der Waals surface area contributed by atoms with Crippen LogP contribution in [0.15, 0.2) is 54.1 Å². The van der Waals surface area contributed by atoms with Crippen LogP contribution in [0.3, 0.4) is 0 Å². The molecule has 0 fully saturated rings. The molecule has 0 spiro atoms. The number of fused-ring (bicyclic) bond motifs is 4. The maximum Gasteiger partial charge on any atom is 0.186 e. The van der Waals surface area contributed by atoms with Gasteiger partial charge in [0.1, 0.15) is 5.92 Å². The normalized spacial score (nSPS) is 16.8. The van der Waals surface area contributed by atoms with E-state index in [0.717, 1.165) is 21.5 Å². The van der Waals surface area contributed by atoms with Crippen molar-refractivity contribution < 1.29 is 4.79 Å². The zero-order valence-electron chi connectivity index (χ0n) is 12.6. The van der Waals surface area contributed by atoms with Crippen molar-refractivity contribution in [2.24, 2.45) is 11.7 Å². The van der Waals surface area contributed by atoms with Gasteiger partial charge in [0.2, 0.25) is 0 Å². The number of ketones is 1. The molecule has 112 valence electrons. The predicted molar refractivity (Wildman–Crippen MR) is 91.6 cm³/mol. The first-order valence-electron chi connectivity index (χ1n) is 7.45. The van der Waals surface area contributed by atoms with Gasteiger partial charge in [0, 0.05) is 11.1 Å². The second kappa shape index (κ2) is 4.94. The van der Waals surface area contributed by atoms with Crippen LogP contribution in [-0.2, 0) is 0 Å². The lowest BCUT2D eigenvalue weighted by atomic mass is 9.79. The molecule has 0 saturated carbocycles. The maximum atomic E-state index is 12.8. The summed E-state index contributed by atoms with van der Waals surface area (Å²) in [7, 11) is 0. The third-order valence-electron chi connectivity index (χ3n) is 4.51. The van der Waals surface area contributed by atoms with Crippen LogP contribution in [0.4, 0.5) is 0 Å². The molecule has 1 aliphatic carbocycles. The van der Waals surface area contributed by atoms with Crippen molar-refractivity contribution in [3.05, 3.63) is 65.2 Å². The third-order valence-corrected chi connectivity index (χ3v) is 4.51. The quantitative estimate of drug-likeness (QED) is 0.643. The van der Waals surface area contributed by atoms with Gasteiger partial charge >= 0.3 is 0 Å². The summed E-state index contributed by atoms with van der Waals surface area (Å²) in [5, 5.41) is 22.4. The Kier molecular flexibility index (Phi) is 2.88. The van der Waals surface area contributed by atoms with Crippen LogP contribution < -0.4 is 5.73 Å². The van der Waals surface area contributed by atoms with Crippen molar-refractivity contribution in [3.8, 4) is 12.1 Å². The summed E-state index contributed by atoms with van der Waals surface area (Å²) in [5.74, 6) is -1.50. The van der Waals surface area contributed by atoms with Gasteiger partial charge in [-0.25, -0.2) is 0 Å². The largest absolute Gasteiger partial charge is 0.397 e. The molecule has 0 heterocycles. The van der Waals surface area contributed by atoms with Crippen LogP contribution in [0.2, 0.25) is 0 Å². The molecular weight excluding hydrogens is 298 g/mol. The van der Waals surface area contributed by atoms with E-state index in [1.807, 2.05) is 54.6 Å². The fourth-order valence-corrected chi connectivity index (χ4v) is 3.33. The number of hydrogen-bond acceptors (Lipinski definition) is 4. The van der Waals surface area contributed by atoms with E-state index in [9.17, 15) is 15.3 Å². The molecule has 1 atom stereocenters. The zero-order valence-corrected chi connectivity index (χ0v) is 12.6. The smallest absolute Gasteiger partial charge is 0.186 e. The molecule has 24 heavy (non-hydrogen) atoms. The van der Waals surface area contributed by atoms with Crippen molar-refractivity contribution in [2.45, 2.75) is 0 Å². The summed E-state index contributed by atoms with van der Waals surface area (Å²) in [6.45, 7) is 0. The zero-order chi connectivity index (χ0) is 16.8. The van der Waals surface area contributed by atoms with Crippen molar-refractivity contribution >= 4 is 33.0 Å². The van der Waals surface area contributed by atoms with E-state index < -0.39 is 5.92 Å². The summed E-state index contributed by atoms with van der Waals surface area (Å²) in [6, 6.07) is 19.3. The number of nitrogens with zero attached hydrogens (tertiary/aromatic N) is 2. The molecule has 4 heteroatoms. The van der Waals surface area contributed by atoms with Gasteiger partial charge in [-0.05, 0) is 33.7 Å². The van der Waals surface area contributed by atoms with Gasteiger partial charge < -0.3 is 5.73 Å². The second-order valence-corrected chi connectivity index (χ2v) is 5.77. The number of hydrogen-bond donors (Lipinski definition) is 1. The first kappa shape index (κ1) is 14.0. The van der Waals surface area contributed by atoms with Crippen molar-refractivity contribution in [3.63, 3.8) is 0 Å². The highest BCUT2D eigenvalue weighted by Gasteiger charge is 2.35. The van der Waals surface area contributed by atoms with Crippen molar-refractivity contribution in [1.29, 1.82) is 10.5 Å². The highest BCUT2D eigenvalue weighted by atomic mass is 16.1. The van der Waals surface area contributed by atoms with Crippen LogP contribution in [0.25, 0.3) is 27.2 Å². The Bertz CT molecular complexity index is 1160. The molecule has 0 aromatic heterocycles. The molecule has 0 saturated heterocycles. The van der Waals surface area contributed by atoms with Gasteiger partial charge in [0.25, 0.3) is 0 Å². The van der Waals surface area contributed by atoms with E-state index in [1.165, 1.54) is 0 Å². The van der Waals surface area contributed by atoms with Gasteiger partial charge in [-0.15, -0.1) is 0 Å². The molecule has 3 aromatic carbocycles. The van der Waals surface area contributed by atoms with E-state index in [2.05, 4.69) is 0 Å². The fraction of sp³-hybridized carbons (Fsp3) is 0.0500. The first-order chi connectivity index (χ1) is 11.7. The number of nitrogens with two attached hydrogens (primary N) is 1. The van der Waals surface area contributed by atoms with Gasteiger partial charge in [0.15, 0.2) is 5.78 Å². The van der Waals surface area contributed by atoms with Gasteiger partial charge in [-0.3, -0.25) is 4.79 Å². The highest BCUT2D eigenvalue weighted by molar-refractivity contribution is 6.19. The van der Waals surface area contributed by atoms with E-state index >= 15 is 0 Å². The maximum absolute atomic E-state index is 12.8. The first-order valence-corrected chi connectivity index (χ1v) is 7.45. The summed E-state index contributed by atoms with van der Waals surface area (Å²) >= 11 is 0. The number of carbonyl (C=O) groups excluding carboxylic acids is 1. The Labute approximate surface area is 138 Å². The Balaban J connectivity index is 2.16. The highest BCUT2D eigenvalue weighted by Crippen LogP contribution is 2.37. The number of allylic oxidation sites excluding steroid dienone is 1. The molecule has 0 radical (unpaired) electrons. The van der Waals surface area contributed by atoms with E-state index in [1.54, 1.807) is 6.07 Å². The number of Topliss-reactive ketones (excluding diaryl/α,β-unsaturated/α-hetero) is 1. The molecule has 0 aliphatic heterocycles. The van der Waals surface area contributed by atoms with Gasteiger partial charge in [0.05, 0.1) is 23.4 Å². The second-order valence-electron chi connectivity index (χ2n) is 5.77. The summed E-state index contributed by atoms with van der Waals surface area (Å²) in [5.41, 5.74) is 7.31. The van der Waals surface area contributed by atoms with E-state index in [0.29, 0.717) is 11.1 Å². The van der Waals surface area contributed by atoms with Crippen LogP contribution in [0.1, 0.15) is 15.9 Å². The summed E-state index contributed by atoms with van der Waals surface area (Å²) in [4.78, 5) is 12.8. The molecule has 2 N–H and O–H groups in total. The van der Waals surface area contributed by atoms with Crippen molar-refractivity contribution in [1.82, 2.24) is 0 Å². The van der Waals surface area contributed by atoms with E-state index in [-0.39, 0.29) is 17.1 Å². The predicted octanol–water partition coefficient (Wildman–Crippen LogP) is 3.52. The van der Waals surface area contributed by atoms with E-state index in [4.69, 9.17) is 5.73 Å². The monoisotopic (exact) mass is 309 g/mol. The number of benzene rings is 3. The molecule has 3 aromatic rings. The summed E-state index contributed by atoms with van der Waals surface area (Å²) < 4.78 is 0. The molecule has 0 amide bonds. The molecular formula is C20H11N3O.